The van der Waals surface area contributed by atoms with Gasteiger partial charge in [-0.2, -0.15) is 14.9 Å². The fourth-order valence-electron chi connectivity index (χ4n) is 2.58. The van der Waals surface area contributed by atoms with E-state index in [0.29, 0.717) is 11.4 Å². The number of ether oxygens (including phenoxy) is 2. The van der Waals surface area contributed by atoms with Gasteiger partial charge in [-0.25, -0.2) is 0 Å². The molecular formula is C19H16ClN5O6. The van der Waals surface area contributed by atoms with Gasteiger partial charge in [-0.15, -0.1) is 0 Å². The second-order valence-corrected chi connectivity index (χ2v) is 6.38. The molecule has 0 spiro atoms. The molecule has 0 fully saturated rings. The van der Waals surface area contributed by atoms with Gasteiger partial charge in [-0.3, -0.25) is 20.3 Å². The Morgan fingerprint density at radius 3 is 2.58 bits per heavy atom. The number of hydrogen-bond donors (Lipinski definition) is 2. The molecule has 0 saturated carbocycles. The minimum Gasteiger partial charge on any atom is -0.500 e. The fraction of sp³-hybridized carbons (Fsp3) is 0.105. The van der Waals surface area contributed by atoms with E-state index in [1.165, 1.54) is 32.7 Å². The lowest BCUT2D eigenvalue weighted by molar-refractivity contribution is -0.386. The third-order valence-corrected chi connectivity index (χ3v) is 4.49. The standard InChI is InChI=1S/C19H16ClN5O6/c1-30-13-5-3-12(4-6-13)24-19(27)17(20)14(10-22-24)23-21-9-11-7-15(25(28)29)18(26)16(8-11)31-2/h3-10,23,26H,1-2H3/b21-9-. The second-order valence-electron chi connectivity index (χ2n) is 6.01. The van der Waals surface area contributed by atoms with Crippen molar-refractivity contribution in [2.24, 2.45) is 5.10 Å². The molecule has 0 aliphatic heterocycles. The van der Waals surface area contributed by atoms with Gasteiger partial charge in [-0.05, 0) is 30.3 Å². The summed E-state index contributed by atoms with van der Waals surface area (Å²) in [7, 11) is 2.80. The van der Waals surface area contributed by atoms with Crippen LogP contribution in [0.1, 0.15) is 5.56 Å². The average Bonchev–Trinajstić information content (AvgIpc) is 2.77. The van der Waals surface area contributed by atoms with Crippen molar-refractivity contribution in [3.05, 3.63) is 73.6 Å². The molecule has 2 N–H and O–H groups in total. The molecule has 31 heavy (non-hydrogen) atoms. The summed E-state index contributed by atoms with van der Waals surface area (Å²) in [5.74, 6) is -0.0500. The van der Waals surface area contributed by atoms with Gasteiger partial charge >= 0.3 is 5.69 Å². The molecule has 1 heterocycles. The highest BCUT2D eigenvalue weighted by Crippen LogP contribution is 2.36. The van der Waals surface area contributed by atoms with E-state index >= 15 is 0 Å². The van der Waals surface area contributed by atoms with Crippen LogP contribution in [0, 0.1) is 10.1 Å². The molecule has 0 amide bonds. The first kappa shape index (κ1) is 21.6. The molecular weight excluding hydrogens is 430 g/mol. The molecule has 0 saturated heterocycles. The monoisotopic (exact) mass is 445 g/mol. The zero-order valence-corrected chi connectivity index (χ0v) is 17.0. The summed E-state index contributed by atoms with van der Waals surface area (Å²) in [5.41, 5.74) is 2.35. The minimum absolute atomic E-state index is 0.0857. The summed E-state index contributed by atoms with van der Waals surface area (Å²) in [4.78, 5) is 22.9. The average molecular weight is 446 g/mol. The van der Waals surface area contributed by atoms with Crippen LogP contribution in [0.25, 0.3) is 5.69 Å². The van der Waals surface area contributed by atoms with Gasteiger partial charge in [0.05, 0.1) is 37.2 Å². The number of rotatable bonds is 7. The molecule has 0 aliphatic carbocycles. The molecule has 0 unspecified atom stereocenters. The van der Waals surface area contributed by atoms with Crippen molar-refractivity contribution in [3.8, 4) is 22.9 Å². The van der Waals surface area contributed by atoms with Gasteiger partial charge in [0.2, 0.25) is 5.75 Å². The molecule has 0 radical (unpaired) electrons. The summed E-state index contributed by atoms with van der Waals surface area (Å²) in [6.07, 6.45) is 2.55. The summed E-state index contributed by atoms with van der Waals surface area (Å²) in [5, 5.41) is 28.7. The van der Waals surface area contributed by atoms with E-state index in [4.69, 9.17) is 21.1 Å². The Morgan fingerprint density at radius 1 is 1.26 bits per heavy atom. The maximum Gasteiger partial charge on any atom is 0.315 e. The number of phenols is 1. The summed E-state index contributed by atoms with van der Waals surface area (Å²) in [6, 6.07) is 9.14. The lowest BCUT2D eigenvalue weighted by Gasteiger charge is -2.08. The molecule has 0 aliphatic rings. The third kappa shape index (κ3) is 4.56. The SMILES string of the molecule is COc1ccc(-n2ncc(N/N=C\c3cc(OC)c(O)c([N+](=O)[O-])c3)c(Cl)c2=O)cc1. The first-order chi connectivity index (χ1) is 14.8. The lowest BCUT2D eigenvalue weighted by atomic mass is 10.2. The van der Waals surface area contributed by atoms with Crippen LogP contribution in [-0.4, -0.2) is 40.2 Å². The number of nitrogens with one attached hydrogen (secondary N) is 1. The van der Waals surface area contributed by atoms with Gasteiger partial charge in [0.25, 0.3) is 5.56 Å². The Kier molecular flexibility index (Phi) is 6.36. The molecule has 0 bridgehead atoms. The molecule has 160 valence electrons. The fourth-order valence-corrected chi connectivity index (χ4v) is 2.75. The van der Waals surface area contributed by atoms with Crippen molar-refractivity contribution in [3.63, 3.8) is 0 Å². The minimum atomic E-state index is -0.748. The molecule has 3 aromatic rings. The van der Waals surface area contributed by atoms with Crippen molar-refractivity contribution in [1.29, 1.82) is 0 Å². The number of hydrazone groups is 1. The number of methoxy groups -OCH3 is 2. The highest BCUT2D eigenvalue weighted by Gasteiger charge is 2.19. The molecule has 11 nitrogen and oxygen atoms in total. The molecule has 2 aromatic carbocycles. The van der Waals surface area contributed by atoms with Crippen molar-refractivity contribution in [2.45, 2.75) is 0 Å². The topological polar surface area (TPSA) is 141 Å². The maximum atomic E-state index is 12.5. The largest absolute Gasteiger partial charge is 0.500 e. The number of phenolic OH excluding ortho intramolecular Hbond substituents is 1. The number of hydrogen-bond acceptors (Lipinski definition) is 9. The number of benzene rings is 2. The Labute approximate surface area is 180 Å². The van der Waals surface area contributed by atoms with Crippen LogP contribution in [0.5, 0.6) is 17.2 Å². The smallest absolute Gasteiger partial charge is 0.315 e. The Balaban J connectivity index is 1.85. The van der Waals surface area contributed by atoms with Gasteiger partial charge in [0.15, 0.2) is 5.75 Å². The Hall–Kier alpha value is -4.12. The lowest BCUT2D eigenvalue weighted by Crippen LogP contribution is -2.22. The van der Waals surface area contributed by atoms with Crippen LogP contribution in [0.3, 0.4) is 0 Å². The second kappa shape index (κ2) is 9.13. The highest BCUT2D eigenvalue weighted by molar-refractivity contribution is 6.32. The van der Waals surface area contributed by atoms with Crippen LogP contribution in [0.2, 0.25) is 5.02 Å². The summed E-state index contributed by atoms with van der Waals surface area (Å²) >= 11 is 6.15. The van der Waals surface area contributed by atoms with E-state index in [2.05, 4.69) is 15.6 Å². The van der Waals surface area contributed by atoms with E-state index in [1.807, 2.05) is 0 Å². The molecule has 1 aromatic heterocycles. The quantitative estimate of drug-likeness (QED) is 0.321. The van der Waals surface area contributed by atoms with Crippen LogP contribution in [0.15, 0.2) is 52.5 Å². The number of nitrogens with zero attached hydrogens (tertiary/aromatic N) is 4. The first-order valence-electron chi connectivity index (χ1n) is 8.62. The predicted molar refractivity (Wildman–Crippen MR) is 114 cm³/mol. The van der Waals surface area contributed by atoms with Crippen molar-refractivity contribution in [1.82, 2.24) is 9.78 Å². The molecule has 12 heteroatoms. The normalized spacial score (nSPS) is 10.8. The van der Waals surface area contributed by atoms with E-state index in [-0.39, 0.29) is 22.0 Å². The number of halogens is 1. The Morgan fingerprint density at radius 2 is 1.97 bits per heavy atom. The van der Waals surface area contributed by atoms with E-state index in [1.54, 1.807) is 24.3 Å². The van der Waals surface area contributed by atoms with Gasteiger partial charge in [-0.1, -0.05) is 11.6 Å². The highest BCUT2D eigenvalue weighted by atomic mass is 35.5. The maximum absolute atomic E-state index is 12.5. The summed E-state index contributed by atoms with van der Waals surface area (Å²) in [6.45, 7) is 0. The number of anilines is 1. The molecule has 0 atom stereocenters. The van der Waals surface area contributed by atoms with Crippen molar-refractivity contribution < 1.29 is 19.5 Å². The predicted octanol–water partition coefficient (Wildman–Crippen LogP) is 2.96. The third-order valence-electron chi connectivity index (χ3n) is 4.13. The number of aromatic hydroxyl groups is 1. The van der Waals surface area contributed by atoms with E-state index < -0.39 is 21.9 Å². The zero-order chi connectivity index (χ0) is 22.5. The van der Waals surface area contributed by atoms with Crippen LogP contribution in [-0.2, 0) is 0 Å². The van der Waals surface area contributed by atoms with Crippen molar-refractivity contribution >= 4 is 29.2 Å². The van der Waals surface area contributed by atoms with Crippen molar-refractivity contribution in [2.75, 3.05) is 19.6 Å². The Bertz CT molecular complexity index is 1210. The molecule has 3 rings (SSSR count). The van der Waals surface area contributed by atoms with Gasteiger partial charge < -0.3 is 14.6 Å². The zero-order valence-electron chi connectivity index (χ0n) is 16.3. The van der Waals surface area contributed by atoms with Crippen LogP contribution in [0.4, 0.5) is 11.4 Å². The van der Waals surface area contributed by atoms with E-state index in [9.17, 15) is 20.0 Å². The van der Waals surface area contributed by atoms with Gasteiger partial charge in [0.1, 0.15) is 16.5 Å². The number of nitro groups is 1. The van der Waals surface area contributed by atoms with E-state index in [0.717, 1.165) is 10.7 Å². The van der Waals surface area contributed by atoms with Crippen LogP contribution < -0.4 is 20.5 Å². The number of aromatic nitrogens is 2. The number of nitro benzene ring substituents is 1. The summed E-state index contributed by atoms with van der Waals surface area (Å²) < 4.78 is 11.1. The van der Waals surface area contributed by atoms with Gasteiger partial charge in [0, 0.05) is 11.6 Å². The first-order valence-corrected chi connectivity index (χ1v) is 9.00. The van der Waals surface area contributed by atoms with Crippen LogP contribution >= 0.6 is 11.6 Å².